The predicted octanol–water partition coefficient (Wildman–Crippen LogP) is 4.63. The number of benzene rings is 1. The second-order valence-electron chi connectivity index (χ2n) is 5.61. The van der Waals surface area contributed by atoms with Gasteiger partial charge in [0.1, 0.15) is 0 Å². The van der Waals surface area contributed by atoms with Crippen LogP contribution < -0.4 is 10.6 Å². The van der Waals surface area contributed by atoms with Crippen LogP contribution in [0.3, 0.4) is 0 Å². The van der Waals surface area contributed by atoms with Crippen molar-refractivity contribution in [2.24, 2.45) is 0 Å². The summed E-state index contributed by atoms with van der Waals surface area (Å²) in [6, 6.07) is 7.68. The number of unbranched alkanes of at least 4 members (excludes halogenated alkanes) is 2. The molecule has 1 amide bonds. The third-order valence-electron chi connectivity index (χ3n) is 3.57. The molecule has 1 aromatic carbocycles. The number of anilines is 2. The van der Waals surface area contributed by atoms with Gasteiger partial charge < -0.3 is 15.5 Å². The first-order chi connectivity index (χ1) is 11.1. The van der Waals surface area contributed by atoms with E-state index in [1.807, 2.05) is 31.2 Å². The average molecular weight is 336 g/mol. The summed E-state index contributed by atoms with van der Waals surface area (Å²) in [5.41, 5.74) is 1.69. The number of hydrogen-bond acceptors (Lipinski definition) is 2. The summed E-state index contributed by atoms with van der Waals surface area (Å²) in [4.78, 5) is 13.7. The van der Waals surface area contributed by atoms with Crippen molar-refractivity contribution in [2.75, 3.05) is 23.7 Å². The van der Waals surface area contributed by atoms with Gasteiger partial charge in [0, 0.05) is 30.9 Å². The minimum Gasteiger partial charge on any atom is -0.349 e. The molecule has 0 bridgehead atoms. The molecule has 0 aliphatic heterocycles. The molecule has 0 spiro atoms. The second-order valence-corrected chi connectivity index (χ2v) is 5.99. The van der Waals surface area contributed by atoms with Crippen molar-refractivity contribution in [3.63, 3.8) is 0 Å². The Morgan fingerprint density at radius 2 is 1.61 bits per heavy atom. The zero-order valence-corrected chi connectivity index (χ0v) is 15.3. The third-order valence-corrected chi connectivity index (χ3v) is 3.93. The molecule has 0 heterocycles. The van der Waals surface area contributed by atoms with Crippen LogP contribution in [0.15, 0.2) is 24.3 Å². The van der Waals surface area contributed by atoms with Crippen molar-refractivity contribution in [1.29, 1.82) is 0 Å². The number of hydrogen-bond donors (Lipinski definition) is 2. The standard InChI is InChI=1S/C18H29N3OS/c1-4-7-12-21(13-8-5-2)18(23)20-16-11-9-10-15(14-16)19-17(22)6-3/h9-11,14H,4-8,12-13H2,1-3H3,(H,19,22)(H,20,23). The highest BCUT2D eigenvalue weighted by Gasteiger charge is 2.09. The SMILES string of the molecule is CCCCN(CCCC)C(=S)Nc1cccc(NC(=O)CC)c1. The van der Waals surface area contributed by atoms with Crippen molar-refractivity contribution in [2.45, 2.75) is 52.9 Å². The van der Waals surface area contributed by atoms with Gasteiger partial charge in [-0.2, -0.15) is 0 Å². The lowest BCUT2D eigenvalue weighted by Crippen LogP contribution is -2.36. The first-order valence-corrected chi connectivity index (χ1v) is 8.97. The summed E-state index contributed by atoms with van der Waals surface area (Å²) in [6.45, 7) is 8.18. The van der Waals surface area contributed by atoms with Crippen LogP contribution in [-0.4, -0.2) is 29.0 Å². The average Bonchev–Trinajstić information content (AvgIpc) is 2.55. The number of rotatable bonds is 9. The van der Waals surface area contributed by atoms with Crippen molar-refractivity contribution in [3.8, 4) is 0 Å². The summed E-state index contributed by atoms with van der Waals surface area (Å²) >= 11 is 5.57. The van der Waals surface area contributed by atoms with Crippen molar-refractivity contribution in [3.05, 3.63) is 24.3 Å². The van der Waals surface area contributed by atoms with E-state index in [0.29, 0.717) is 6.42 Å². The molecule has 0 aromatic heterocycles. The minimum absolute atomic E-state index is 0.0113. The molecule has 0 unspecified atom stereocenters. The van der Waals surface area contributed by atoms with Crippen LogP contribution in [0.4, 0.5) is 11.4 Å². The first-order valence-electron chi connectivity index (χ1n) is 8.56. The fourth-order valence-electron chi connectivity index (χ4n) is 2.14. The second kappa shape index (κ2) is 11.0. The molecule has 2 N–H and O–H groups in total. The summed E-state index contributed by atoms with van der Waals surface area (Å²) in [6.07, 6.45) is 5.06. The van der Waals surface area contributed by atoms with Crippen LogP contribution in [-0.2, 0) is 4.79 Å². The van der Waals surface area contributed by atoms with Gasteiger partial charge in [-0.25, -0.2) is 0 Å². The Morgan fingerprint density at radius 1 is 1.04 bits per heavy atom. The zero-order chi connectivity index (χ0) is 17.1. The van der Waals surface area contributed by atoms with E-state index in [-0.39, 0.29) is 5.91 Å². The lowest BCUT2D eigenvalue weighted by molar-refractivity contribution is -0.115. The summed E-state index contributed by atoms with van der Waals surface area (Å²) < 4.78 is 0. The lowest BCUT2D eigenvalue weighted by atomic mass is 10.2. The van der Waals surface area contributed by atoms with Gasteiger partial charge in [0.05, 0.1) is 0 Å². The van der Waals surface area contributed by atoms with Crippen LogP contribution in [0.2, 0.25) is 0 Å². The van der Waals surface area contributed by atoms with Gasteiger partial charge >= 0.3 is 0 Å². The Balaban J connectivity index is 2.69. The highest BCUT2D eigenvalue weighted by atomic mass is 32.1. The number of nitrogens with one attached hydrogen (secondary N) is 2. The van der Waals surface area contributed by atoms with Gasteiger partial charge in [0.15, 0.2) is 5.11 Å². The molecule has 0 fully saturated rings. The summed E-state index contributed by atoms with van der Waals surface area (Å²) in [7, 11) is 0. The normalized spacial score (nSPS) is 10.2. The van der Waals surface area contributed by atoms with E-state index in [1.54, 1.807) is 0 Å². The number of thiocarbonyl (C=S) groups is 1. The largest absolute Gasteiger partial charge is 0.349 e. The van der Waals surface area contributed by atoms with Gasteiger partial charge in [-0.15, -0.1) is 0 Å². The molecule has 23 heavy (non-hydrogen) atoms. The maximum atomic E-state index is 11.5. The molecule has 0 saturated carbocycles. The van der Waals surface area contributed by atoms with E-state index in [9.17, 15) is 4.79 Å². The smallest absolute Gasteiger partial charge is 0.224 e. The van der Waals surface area contributed by atoms with Gasteiger partial charge in [-0.1, -0.05) is 39.7 Å². The van der Waals surface area contributed by atoms with Gasteiger partial charge in [0.25, 0.3) is 0 Å². The lowest BCUT2D eigenvalue weighted by Gasteiger charge is -2.26. The predicted molar refractivity (Wildman–Crippen MR) is 103 cm³/mol. The molecule has 0 radical (unpaired) electrons. The molecule has 5 heteroatoms. The van der Waals surface area contributed by atoms with Crippen molar-refractivity contribution >= 4 is 34.6 Å². The first kappa shape index (κ1) is 19.4. The molecular weight excluding hydrogens is 306 g/mol. The molecule has 128 valence electrons. The third kappa shape index (κ3) is 7.46. The van der Waals surface area contributed by atoms with Crippen LogP contribution in [0.1, 0.15) is 52.9 Å². The highest BCUT2D eigenvalue weighted by molar-refractivity contribution is 7.80. The molecule has 0 atom stereocenters. The molecule has 0 aliphatic carbocycles. The van der Waals surface area contributed by atoms with Crippen LogP contribution >= 0.6 is 12.2 Å². The fourth-order valence-corrected chi connectivity index (χ4v) is 2.44. The van der Waals surface area contributed by atoms with Crippen molar-refractivity contribution in [1.82, 2.24) is 4.90 Å². The zero-order valence-electron chi connectivity index (χ0n) is 14.5. The number of carbonyl (C=O) groups is 1. The van der Waals surface area contributed by atoms with Crippen LogP contribution in [0, 0.1) is 0 Å². The molecule has 4 nitrogen and oxygen atoms in total. The van der Waals surface area contributed by atoms with E-state index >= 15 is 0 Å². The van der Waals surface area contributed by atoms with Crippen molar-refractivity contribution < 1.29 is 4.79 Å². The Labute approximate surface area is 145 Å². The molecule has 0 saturated heterocycles. The van der Waals surface area contributed by atoms with E-state index in [2.05, 4.69) is 29.4 Å². The van der Waals surface area contributed by atoms with E-state index < -0.39 is 0 Å². The number of nitrogens with zero attached hydrogens (tertiary/aromatic N) is 1. The highest BCUT2D eigenvalue weighted by Crippen LogP contribution is 2.16. The Morgan fingerprint density at radius 3 is 2.13 bits per heavy atom. The van der Waals surface area contributed by atoms with E-state index in [4.69, 9.17) is 12.2 Å². The maximum absolute atomic E-state index is 11.5. The number of amides is 1. The van der Waals surface area contributed by atoms with Crippen LogP contribution in [0.25, 0.3) is 0 Å². The fraction of sp³-hybridized carbons (Fsp3) is 0.556. The Kier molecular flexibility index (Phi) is 9.29. The molecular formula is C18H29N3OS. The topological polar surface area (TPSA) is 44.4 Å². The minimum atomic E-state index is 0.0113. The molecule has 1 rings (SSSR count). The summed E-state index contributed by atoms with van der Waals surface area (Å²) in [5.74, 6) is 0.0113. The number of carbonyl (C=O) groups excluding carboxylic acids is 1. The van der Waals surface area contributed by atoms with Gasteiger partial charge in [0.2, 0.25) is 5.91 Å². The maximum Gasteiger partial charge on any atom is 0.224 e. The molecule has 1 aromatic rings. The monoisotopic (exact) mass is 335 g/mol. The molecule has 0 aliphatic rings. The van der Waals surface area contributed by atoms with E-state index in [0.717, 1.165) is 55.3 Å². The summed E-state index contributed by atoms with van der Waals surface area (Å²) in [5, 5.41) is 6.92. The van der Waals surface area contributed by atoms with Crippen LogP contribution in [0.5, 0.6) is 0 Å². The van der Waals surface area contributed by atoms with Gasteiger partial charge in [-0.3, -0.25) is 4.79 Å². The Bertz CT molecular complexity index is 497. The Hall–Kier alpha value is -1.62. The van der Waals surface area contributed by atoms with Gasteiger partial charge in [-0.05, 0) is 43.3 Å². The van der Waals surface area contributed by atoms with E-state index in [1.165, 1.54) is 0 Å². The quantitative estimate of drug-likeness (QED) is 0.646.